The molecular weight excluding hydrogens is 350 g/mol. The quantitative estimate of drug-likeness (QED) is 0.701. The van der Waals surface area contributed by atoms with E-state index in [1.54, 1.807) is 5.38 Å². The van der Waals surface area contributed by atoms with Gasteiger partial charge < -0.3 is 9.47 Å². The lowest BCUT2D eigenvalue weighted by Crippen LogP contribution is -2.31. The molecular formula is C16H19NO5S2. The van der Waals surface area contributed by atoms with Crippen LogP contribution < -0.4 is 4.74 Å². The molecule has 0 aliphatic carbocycles. The predicted molar refractivity (Wildman–Crippen MR) is 92.1 cm³/mol. The number of carbonyl (C=O) groups is 1. The molecule has 0 aliphatic heterocycles. The molecule has 0 atom stereocenters. The molecule has 0 radical (unpaired) electrons. The maximum absolute atomic E-state index is 12.6. The van der Waals surface area contributed by atoms with Gasteiger partial charge in [-0.2, -0.15) is 4.31 Å². The molecule has 0 aliphatic rings. The van der Waals surface area contributed by atoms with E-state index >= 15 is 0 Å². The van der Waals surface area contributed by atoms with Crippen LogP contribution in [0.25, 0.3) is 0 Å². The first-order valence-electron chi connectivity index (χ1n) is 7.18. The Morgan fingerprint density at radius 1 is 1.21 bits per heavy atom. The molecule has 0 saturated carbocycles. The summed E-state index contributed by atoms with van der Waals surface area (Å²) < 4.78 is 36.5. The summed E-state index contributed by atoms with van der Waals surface area (Å²) in [7, 11) is -1.11. The van der Waals surface area contributed by atoms with E-state index in [1.807, 2.05) is 31.2 Å². The number of methoxy groups -OCH3 is 1. The SMILES string of the molecule is COC(=O)c1sccc1S(=O)(=O)N(C)CCOc1ccc(C)cc1. The van der Waals surface area contributed by atoms with Crippen LogP contribution in [0.1, 0.15) is 15.2 Å². The molecule has 2 rings (SSSR count). The molecule has 1 heterocycles. The third-order valence-electron chi connectivity index (χ3n) is 3.38. The first-order valence-corrected chi connectivity index (χ1v) is 9.50. The Morgan fingerprint density at radius 2 is 1.88 bits per heavy atom. The van der Waals surface area contributed by atoms with Gasteiger partial charge in [-0.15, -0.1) is 11.3 Å². The van der Waals surface area contributed by atoms with Crippen LogP contribution in [-0.4, -0.2) is 46.0 Å². The van der Waals surface area contributed by atoms with Crippen molar-refractivity contribution in [3.8, 4) is 5.75 Å². The van der Waals surface area contributed by atoms with Gasteiger partial charge in [0, 0.05) is 13.6 Å². The van der Waals surface area contributed by atoms with Crippen LogP contribution in [0.2, 0.25) is 0 Å². The Kier molecular flexibility index (Phi) is 5.98. The molecule has 0 fully saturated rings. The predicted octanol–water partition coefficient (Wildman–Crippen LogP) is 2.54. The molecule has 6 nitrogen and oxygen atoms in total. The number of rotatable bonds is 7. The number of nitrogens with zero attached hydrogens (tertiary/aromatic N) is 1. The van der Waals surface area contributed by atoms with Gasteiger partial charge in [-0.25, -0.2) is 13.2 Å². The summed E-state index contributed by atoms with van der Waals surface area (Å²) in [6.45, 7) is 2.34. The van der Waals surface area contributed by atoms with Crippen molar-refractivity contribution in [1.29, 1.82) is 0 Å². The van der Waals surface area contributed by atoms with Crippen molar-refractivity contribution in [1.82, 2.24) is 4.31 Å². The van der Waals surface area contributed by atoms with Crippen molar-refractivity contribution in [3.05, 3.63) is 46.2 Å². The summed E-state index contributed by atoms with van der Waals surface area (Å²) in [6, 6.07) is 8.91. The van der Waals surface area contributed by atoms with E-state index in [0.717, 1.165) is 21.2 Å². The number of thiophene rings is 1. The number of hydrogen-bond donors (Lipinski definition) is 0. The maximum Gasteiger partial charge on any atom is 0.349 e. The van der Waals surface area contributed by atoms with Gasteiger partial charge in [-0.1, -0.05) is 17.7 Å². The van der Waals surface area contributed by atoms with E-state index in [9.17, 15) is 13.2 Å². The van der Waals surface area contributed by atoms with Crippen molar-refractivity contribution in [2.45, 2.75) is 11.8 Å². The van der Waals surface area contributed by atoms with Crippen molar-refractivity contribution >= 4 is 27.3 Å². The van der Waals surface area contributed by atoms with Crippen LogP contribution in [0, 0.1) is 6.92 Å². The van der Waals surface area contributed by atoms with Gasteiger partial charge in [0.05, 0.1) is 7.11 Å². The van der Waals surface area contributed by atoms with Crippen molar-refractivity contribution in [2.24, 2.45) is 0 Å². The molecule has 0 unspecified atom stereocenters. The maximum atomic E-state index is 12.6. The summed E-state index contributed by atoms with van der Waals surface area (Å²) in [5, 5.41) is 1.55. The molecule has 130 valence electrons. The molecule has 0 N–H and O–H groups in total. The minimum Gasteiger partial charge on any atom is -0.492 e. The second kappa shape index (κ2) is 7.78. The highest BCUT2D eigenvalue weighted by Crippen LogP contribution is 2.25. The van der Waals surface area contributed by atoms with Crippen LogP contribution in [0.4, 0.5) is 0 Å². The fraction of sp³-hybridized carbons (Fsp3) is 0.312. The number of likely N-dealkylation sites (N-methyl/N-ethyl adjacent to an activating group) is 1. The van der Waals surface area contributed by atoms with E-state index < -0.39 is 16.0 Å². The first-order chi connectivity index (χ1) is 11.4. The van der Waals surface area contributed by atoms with Gasteiger partial charge in [-0.3, -0.25) is 0 Å². The topological polar surface area (TPSA) is 72.9 Å². The normalized spacial score (nSPS) is 11.5. The fourth-order valence-corrected chi connectivity index (χ4v) is 4.42. The zero-order chi connectivity index (χ0) is 17.7. The highest BCUT2D eigenvalue weighted by Gasteiger charge is 2.28. The molecule has 2 aromatic rings. The van der Waals surface area contributed by atoms with E-state index in [0.29, 0.717) is 5.75 Å². The van der Waals surface area contributed by atoms with Crippen molar-refractivity contribution < 1.29 is 22.7 Å². The van der Waals surface area contributed by atoms with Crippen LogP contribution in [0.3, 0.4) is 0 Å². The molecule has 0 spiro atoms. The lowest BCUT2D eigenvalue weighted by Gasteiger charge is -2.17. The Bertz CT molecular complexity index is 796. The minimum absolute atomic E-state index is 0.0443. The van der Waals surface area contributed by atoms with Gasteiger partial charge in [0.1, 0.15) is 22.1 Å². The van der Waals surface area contributed by atoms with Gasteiger partial charge >= 0.3 is 5.97 Å². The number of sulfonamides is 1. The number of carbonyl (C=O) groups excluding carboxylic acids is 1. The van der Waals surface area contributed by atoms with Gasteiger partial charge in [0.15, 0.2) is 0 Å². The molecule has 0 amide bonds. The monoisotopic (exact) mass is 369 g/mol. The second-order valence-corrected chi connectivity index (χ2v) is 8.02. The summed E-state index contributed by atoms with van der Waals surface area (Å²) in [5.41, 5.74) is 1.12. The van der Waals surface area contributed by atoms with Crippen LogP contribution in [-0.2, 0) is 14.8 Å². The molecule has 1 aromatic heterocycles. The van der Waals surface area contributed by atoms with E-state index in [2.05, 4.69) is 4.74 Å². The summed E-state index contributed by atoms with van der Waals surface area (Å²) in [6.07, 6.45) is 0. The number of hydrogen-bond acceptors (Lipinski definition) is 6. The van der Waals surface area contributed by atoms with Crippen LogP contribution in [0.15, 0.2) is 40.6 Å². The second-order valence-electron chi connectivity index (χ2n) is 5.09. The lowest BCUT2D eigenvalue weighted by atomic mass is 10.2. The van der Waals surface area contributed by atoms with Gasteiger partial charge in [0.2, 0.25) is 10.0 Å². The number of ether oxygens (including phenoxy) is 2. The number of esters is 1. The lowest BCUT2D eigenvalue weighted by molar-refractivity contribution is 0.0602. The van der Waals surface area contributed by atoms with E-state index in [1.165, 1.54) is 20.2 Å². The molecule has 0 bridgehead atoms. The minimum atomic E-state index is -3.78. The van der Waals surface area contributed by atoms with E-state index in [-0.39, 0.29) is 22.9 Å². The van der Waals surface area contributed by atoms with Crippen LogP contribution in [0.5, 0.6) is 5.75 Å². The third kappa shape index (κ3) is 4.14. The smallest absolute Gasteiger partial charge is 0.349 e. The standard InChI is InChI=1S/C16H19NO5S2/c1-12-4-6-13(7-5-12)22-10-9-17(2)24(19,20)14-8-11-23-15(14)16(18)21-3/h4-8,11H,9-10H2,1-3H3. The Hall–Kier alpha value is -1.90. The zero-order valence-electron chi connectivity index (χ0n) is 13.7. The Morgan fingerprint density at radius 3 is 2.50 bits per heavy atom. The fourth-order valence-electron chi connectivity index (χ4n) is 1.96. The average molecular weight is 369 g/mol. The van der Waals surface area contributed by atoms with Crippen LogP contribution >= 0.6 is 11.3 Å². The number of benzene rings is 1. The first kappa shape index (κ1) is 18.4. The average Bonchev–Trinajstić information content (AvgIpc) is 3.06. The van der Waals surface area contributed by atoms with Crippen molar-refractivity contribution in [3.63, 3.8) is 0 Å². The third-order valence-corrected chi connectivity index (χ3v) is 6.31. The highest BCUT2D eigenvalue weighted by atomic mass is 32.2. The number of aryl methyl sites for hydroxylation is 1. The largest absolute Gasteiger partial charge is 0.492 e. The zero-order valence-corrected chi connectivity index (χ0v) is 15.3. The van der Waals surface area contributed by atoms with E-state index in [4.69, 9.17) is 4.74 Å². The Labute approximate surface area is 145 Å². The van der Waals surface area contributed by atoms with Gasteiger partial charge in [0.25, 0.3) is 0 Å². The molecule has 24 heavy (non-hydrogen) atoms. The van der Waals surface area contributed by atoms with Crippen molar-refractivity contribution in [2.75, 3.05) is 27.3 Å². The summed E-state index contributed by atoms with van der Waals surface area (Å²) in [5.74, 6) is 0.0186. The molecule has 8 heteroatoms. The molecule has 1 aromatic carbocycles. The Balaban J connectivity index is 2.03. The highest BCUT2D eigenvalue weighted by molar-refractivity contribution is 7.89. The molecule has 0 saturated heterocycles. The summed E-state index contributed by atoms with van der Waals surface area (Å²) >= 11 is 1.04. The summed E-state index contributed by atoms with van der Waals surface area (Å²) in [4.78, 5) is 11.7. The van der Waals surface area contributed by atoms with Gasteiger partial charge in [-0.05, 0) is 30.5 Å².